The molecule has 1 atom stereocenters. The van der Waals surface area contributed by atoms with E-state index < -0.39 is 0 Å². The Bertz CT molecular complexity index is 664. The highest BCUT2D eigenvalue weighted by Gasteiger charge is 2.21. The molecule has 0 aromatic heterocycles. The highest BCUT2D eigenvalue weighted by Crippen LogP contribution is 2.28. The summed E-state index contributed by atoms with van der Waals surface area (Å²) >= 11 is 3.51. The molecule has 2 aromatic rings. The molecule has 2 nitrogen and oxygen atoms in total. The van der Waals surface area contributed by atoms with E-state index in [9.17, 15) is 4.79 Å². The molecule has 0 N–H and O–H groups in total. The van der Waals surface area contributed by atoms with E-state index in [0.29, 0.717) is 5.92 Å². The van der Waals surface area contributed by atoms with E-state index in [-0.39, 0.29) is 11.8 Å². The topological polar surface area (TPSA) is 20.3 Å². The minimum Gasteiger partial charge on any atom is -0.314 e. The fraction of sp³-hybridized carbons (Fsp3) is 0.350. The number of rotatable bonds is 5. The largest absolute Gasteiger partial charge is 0.314 e. The highest BCUT2D eigenvalue weighted by atomic mass is 79.9. The van der Waals surface area contributed by atoms with Crippen LogP contribution < -0.4 is 4.90 Å². The summed E-state index contributed by atoms with van der Waals surface area (Å²) in [6, 6.07) is 16.2. The van der Waals surface area contributed by atoms with Gasteiger partial charge in [0, 0.05) is 11.5 Å². The zero-order chi connectivity index (χ0) is 17.0. The molecule has 1 amide bonds. The fourth-order valence-electron chi connectivity index (χ4n) is 2.69. The average molecular weight is 374 g/mol. The first-order valence-corrected chi connectivity index (χ1v) is 8.80. The Labute approximate surface area is 147 Å². The van der Waals surface area contributed by atoms with Crippen molar-refractivity contribution in [1.82, 2.24) is 0 Å². The minimum atomic E-state index is -0.166. The molecular weight excluding hydrogens is 350 g/mol. The summed E-state index contributed by atoms with van der Waals surface area (Å²) in [5, 5.41) is 0. The number of hydrogen-bond donors (Lipinski definition) is 0. The van der Waals surface area contributed by atoms with Crippen LogP contribution >= 0.6 is 15.9 Å². The van der Waals surface area contributed by atoms with Crippen LogP contribution in [0.3, 0.4) is 0 Å². The molecule has 0 saturated carbocycles. The third-order valence-electron chi connectivity index (χ3n) is 4.04. The Hall–Kier alpha value is -1.61. The molecule has 0 heterocycles. The van der Waals surface area contributed by atoms with Crippen molar-refractivity contribution in [3.8, 4) is 0 Å². The van der Waals surface area contributed by atoms with Gasteiger partial charge in [0.15, 0.2) is 0 Å². The average Bonchev–Trinajstić information content (AvgIpc) is 2.53. The van der Waals surface area contributed by atoms with Crippen LogP contribution in [0, 0.1) is 5.92 Å². The second kappa shape index (κ2) is 7.78. The monoisotopic (exact) mass is 373 g/mol. The third-order valence-corrected chi connectivity index (χ3v) is 4.71. The first kappa shape index (κ1) is 17.7. The number of carbonyl (C=O) groups excluding carboxylic acids is 1. The van der Waals surface area contributed by atoms with E-state index >= 15 is 0 Å². The Kier molecular flexibility index (Phi) is 6.00. The molecule has 0 aliphatic heterocycles. The number of carbonyl (C=O) groups is 1. The summed E-state index contributed by atoms with van der Waals surface area (Å²) in [5.41, 5.74) is 3.27. The van der Waals surface area contributed by atoms with Crippen molar-refractivity contribution in [2.45, 2.75) is 33.1 Å². The number of hydrogen-bond acceptors (Lipinski definition) is 1. The maximum absolute atomic E-state index is 12.8. The third kappa shape index (κ3) is 4.44. The normalized spacial score (nSPS) is 12.3. The lowest BCUT2D eigenvalue weighted by Crippen LogP contribution is -2.30. The van der Waals surface area contributed by atoms with Crippen molar-refractivity contribution in [2.24, 2.45) is 5.92 Å². The SMILES string of the molecule is CC(C)Cc1ccc(C(C)C(=O)N(C)c2ccccc2Br)cc1. The van der Waals surface area contributed by atoms with Gasteiger partial charge in [0.05, 0.1) is 11.6 Å². The summed E-state index contributed by atoms with van der Waals surface area (Å²) < 4.78 is 0.926. The van der Waals surface area contributed by atoms with Gasteiger partial charge in [-0.3, -0.25) is 4.79 Å². The number of anilines is 1. The van der Waals surface area contributed by atoms with Crippen molar-refractivity contribution in [3.63, 3.8) is 0 Å². The summed E-state index contributed by atoms with van der Waals surface area (Å²) in [5.74, 6) is 0.565. The Morgan fingerprint density at radius 1 is 1.04 bits per heavy atom. The predicted octanol–water partition coefficient (Wildman–Crippen LogP) is 5.41. The maximum Gasteiger partial charge on any atom is 0.234 e. The van der Waals surface area contributed by atoms with Crippen molar-refractivity contribution in [1.29, 1.82) is 0 Å². The lowest BCUT2D eigenvalue weighted by molar-refractivity contribution is -0.119. The van der Waals surface area contributed by atoms with Crippen molar-refractivity contribution in [2.75, 3.05) is 11.9 Å². The number of benzene rings is 2. The second-order valence-corrected chi connectivity index (χ2v) is 7.26. The summed E-state index contributed by atoms with van der Waals surface area (Å²) in [7, 11) is 1.83. The molecule has 0 saturated heterocycles. The van der Waals surface area contributed by atoms with Crippen LogP contribution in [0.1, 0.15) is 37.8 Å². The number of halogens is 1. The number of para-hydroxylation sites is 1. The lowest BCUT2D eigenvalue weighted by atomic mass is 9.96. The molecule has 2 rings (SSSR count). The van der Waals surface area contributed by atoms with Crippen LogP contribution in [0.5, 0.6) is 0 Å². The molecular formula is C20H24BrNO. The molecule has 0 spiro atoms. The van der Waals surface area contributed by atoms with E-state index in [2.05, 4.69) is 54.0 Å². The van der Waals surface area contributed by atoms with Gasteiger partial charge < -0.3 is 4.90 Å². The Balaban J connectivity index is 2.14. The molecule has 0 aliphatic carbocycles. The first-order chi connectivity index (χ1) is 10.9. The van der Waals surface area contributed by atoms with E-state index in [0.717, 1.165) is 22.1 Å². The summed E-state index contributed by atoms with van der Waals surface area (Å²) in [4.78, 5) is 14.5. The first-order valence-electron chi connectivity index (χ1n) is 8.01. The van der Waals surface area contributed by atoms with Crippen LogP contribution in [-0.2, 0) is 11.2 Å². The zero-order valence-electron chi connectivity index (χ0n) is 14.2. The summed E-state index contributed by atoms with van der Waals surface area (Å²) in [6.45, 7) is 6.40. The number of nitrogens with zero attached hydrogens (tertiary/aromatic N) is 1. The molecule has 1 unspecified atom stereocenters. The molecule has 3 heteroatoms. The fourth-order valence-corrected chi connectivity index (χ4v) is 3.24. The van der Waals surface area contributed by atoms with Crippen LogP contribution in [-0.4, -0.2) is 13.0 Å². The van der Waals surface area contributed by atoms with Gasteiger partial charge >= 0.3 is 0 Å². The Morgan fingerprint density at radius 2 is 1.65 bits per heavy atom. The zero-order valence-corrected chi connectivity index (χ0v) is 15.8. The molecule has 2 aromatic carbocycles. The number of amides is 1. The number of likely N-dealkylation sites (N-methyl/N-ethyl adjacent to an activating group) is 1. The molecule has 0 fully saturated rings. The van der Waals surface area contributed by atoms with Crippen LogP contribution in [0.25, 0.3) is 0 Å². The van der Waals surface area contributed by atoms with Crippen LogP contribution in [0.4, 0.5) is 5.69 Å². The molecule has 0 radical (unpaired) electrons. The van der Waals surface area contributed by atoms with Crippen LogP contribution in [0.2, 0.25) is 0 Å². The Morgan fingerprint density at radius 3 is 2.22 bits per heavy atom. The van der Waals surface area contributed by atoms with Gasteiger partial charge in [0.25, 0.3) is 0 Å². The van der Waals surface area contributed by atoms with Gasteiger partial charge in [-0.05, 0) is 58.5 Å². The molecule has 0 bridgehead atoms. The van der Waals surface area contributed by atoms with Gasteiger partial charge in [-0.15, -0.1) is 0 Å². The second-order valence-electron chi connectivity index (χ2n) is 6.41. The predicted molar refractivity (Wildman–Crippen MR) is 101 cm³/mol. The van der Waals surface area contributed by atoms with Gasteiger partial charge in [0.2, 0.25) is 5.91 Å². The van der Waals surface area contributed by atoms with Gasteiger partial charge in [-0.25, -0.2) is 0 Å². The standard InChI is InChI=1S/C20H24BrNO/c1-14(2)13-16-9-11-17(12-10-16)15(3)20(23)22(4)19-8-6-5-7-18(19)21/h5-12,14-15H,13H2,1-4H3. The van der Waals surface area contributed by atoms with Crippen molar-refractivity contribution in [3.05, 3.63) is 64.1 Å². The van der Waals surface area contributed by atoms with E-state index in [1.54, 1.807) is 4.90 Å². The van der Waals surface area contributed by atoms with Gasteiger partial charge in [0.1, 0.15) is 0 Å². The van der Waals surface area contributed by atoms with E-state index in [1.165, 1.54) is 5.56 Å². The van der Waals surface area contributed by atoms with Gasteiger partial charge in [-0.2, -0.15) is 0 Å². The van der Waals surface area contributed by atoms with E-state index in [4.69, 9.17) is 0 Å². The lowest BCUT2D eigenvalue weighted by Gasteiger charge is -2.23. The van der Waals surface area contributed by atoms with Crippen LogP contribution in [0.15, 0.2) is 53.0 Å². The minimum absolute atomic E-state index is 0.0912. The molecule has 122 valence electrons. The molecule has 23 heavy (non-hydrogen) atoms. The smallest absolute Gasteiger partial charge is 0.234 e. The van der Waals surface area contributed by atoms with E-state index in [1.807, 2.05) is 38.2 Å². The van der Waals surface area contributed by atoms with Crippen molar-refractivity contribution < 1.29 is 4.79 Å². The summed E-state index contributed by atoms with van der Waals surface area (Å²) in [6.07, 6.45) is 1.07. The molecule has 0 aliphatic rings. The van der Waals surface area contributed by atoms with Gasteiger partial charge in [-0.1, -0.05) is 50.2 Å². The maximum atomic E-state index is 12.8. The highest BCUT2D eigenvalue weighted by molar-refractivity contribution is 9.10. The van der Waals surface area contributed by atoms with Crippen molar-refractivity contribution >= 4 is 27.5 Å². The quantitative estimate of drug-likeness (QED) is 0.685.